The highest BCUT2D eigenvalue weighted by molar-refractivity contribution is 9.10. The van der Waals surface area contributed by atoms with Gasteiger partial charge in [0.05, 0.1) is 4.88 Å². The van der Waals surface area contributed by atoms with Crippen molar-refractivity contribution in [1.29, 1.82) is 0 Å². The van der Waals surface area contributed by atoms with Gasteiger partial charge in [0, 0.05) is 11.5 Å². The zero-order valence-corrected chi connectivity index (χ0v) is 12.2. The summed E-state index contributed by atoms with van der Waals surface area (Å²) >= 11 is 5.03. The summed E-state index contributed by atoms with van der Waals surface area (Å²) in [6.07, 6.45) is 2.98. The Hall–Kier alpha value is -1.87. The van der Waals surface area contributed by atoms with Gasteiger partial charge in [-0.1, -0.05) is 0 Å². The average Bonchev–Trinajstić information content (AvgIpc) is 3.09. The second-order valence-corrected chi connectivity index (χ2v) is 5.24. The zero-order chi connectivity index (χ0) is 13.2. The van der Waals surface area contributed by atoms with E-state index in [2.05, 4.69) is 46.3 Å². The lowest BCUT2D eigenvalue weighted by molar-refractivity contribution is 0.798. The maximum atomic E-state index is 4.41. The van der Waals surface area contributed by atoms with Crippen LogP contribution in [0.5, 0.6) is 0 Å². The topological polar surface area (TPSA) is 81.4 Å². The van der Waals surface area contributed by atoms with Crippen molar-refractivity contribution in [2.45, 2.75) is 0 Å². The summed E-state index contributed by atoms with van der Waals surface area (Å²) in [6, 6.07) is 1.96. The van der Waals surface area contributed by atoms with E-state index < -0.39 is 0 Å². The van der Waals surface area contributed by atoms with Crippen molar-refractivity contribution in [2.24, 2.45) is 0 Å². The Morgan fingerprint density at radius 1 is 1.32 bits per heavy atom. The minimum Gasteiger partial charge on any atom is -0.357 e. The van der Waals surface area contributed by atoms with E-state index in [1.54, 1.807) is 24.7 Å². The molecule has 3 aromatic heterocycles. The van der Waals surface area contributed by atoms with Gasteiger partial charge in [0.25, 0.3) is 5.95 Å². The van der Waals surface area contributed by atoms with Crippen LogP contribution in [0, 0.1) is 0 Å². The van der Waals surface area contributed by atoms with Crippen molar-refractivity contribution in [3.05, 3.63) is 28.6 Å². The van der Waals surface area contributed by atoms with Crippen LogP contribution in [-0.2, 0) is 0 Å². The van der Waals surface area contributed by atoms with Crippen molar-refractivity contribution in [1.82, 2.24) is 29.7 Å². The molecule has 0 atom stereocenters. The van der Waals surface area contributed by atoms with Crippen LogP contribution < -0.4 is 5.32 Å². The van der Waals surface area contributed by atoms with E-state index in [1.807, 2.05) is 11.4 Å². The van der Waals surface area contributed by atoms with Crippen LogP contribution in [0.1, 0.15) is 0 Å². The molecule has 3 aromatic rings. The van der Waals surface area contributed by atoms with Gasteiger partial charge in [-0.3, -0.25) is 0 Å². The molecule has 1 N–H and O–H groups in total. The van der Waals surface area contributed by atoms with Crippen molar-refractivity contribution in [2.75, 3.05) is 12.4 Å². The third-order valence-corrected chi connectivity index (χ3v) is 4.12. The molecule has 0 spiro atoms. The second kappa shape index (κ2) is 5.02. The van der Waals surface area contributed by atoms with Gasteiger partial charge in [0.15, 0.2) is 5.82 Å². The summed E-state index contributed by atoms with van der Waals surface area (Å²) in [5.74, 6) is 1.50. The largest absolute Gasteiger partial charge is 0.357 e. The van der Waals surface area contributed by atoms with E-state index in [-0.39, 0.29) is 0 Å². The van der Waals surface area contributed by atoms with Gasteiger partial charge in [-0.15, -0.1) is 11.3 Å². The molecule has 0 aliphatic heterocycles. The molecular formula is C10H8BrN7S. The molecule has 0 bridgehead atoms. The van der Waals surface area contributed by atoms with Crippen LogP contribution in [0.25, 0.3) is 16.6 Å². The lowest BCUT2D eigenvalue weighted by Crippen LogP contribution is -2.08. The molecule has 0 fully saturated rings. The first-order valence-electron chi connectivity index (χ1n) is 5.30. The van der Waals surface area contributed by atoms with E-state index in [1.165, 1.54) is 11.0 Å². The van der Waals surface area contributed by atoms with Crippen LogP contribution in [0.2, 0.25) is 0 Å². The molecule has 0 saturated carbocycles. The molecule has 9 heteroatoms. The fourth-order valence-corrected chi connectivity index (χ4v) is 2.93. The maximum Gasteiger partial charge on any atom is 0.257 e. The molecule has 3 heterocycles. The van der Waals surface area contributed by atoms with Crippen molar-refractivity contribution >= 4 is 33.2 Å². The SMILES string of the molecule is CNc1nc(-c2sccc2Br)nc(-n2cncn2)n1. The van der Waals surface area contributed by atoms with Gasteiger partial charge >= 0.3 is 0 Å². The first-order chi connectivity index (χ1) is 9.28. The van der Waals surface area contributed by atoms with Gasteiger partial charge in [0.2, 0.25) is 5.95 Å². The number of anilines is 1. The van der Waals surface area contributed by atoms with Crippen LogP contribution in [0.15, 0.2) is 28.6 Å². The molecule has 96 valence electrons. The first kappa shape index (κ1) is 12.2. The fraction of sp³-hybridized carbons (Fsp3) is 0.100. The lowest BCUT2D eigenvalue weighted by atomic mass is 10.4. The van der Waals surface area contributed by atoms with E-state index >= 15 is 0 Å². The summed E-state index contributed by atoms with van der Waals surface area (Å²) in [7, 11) is 1.76. The summed E-state index contributed by atoms with van der Waals surface area (Å²) in [5, 5.41) is 8.91. The Morgan fingerprint density at radius 2 is 2.21 bits per heavy atom. The number of halogens is 1. The Balaban J connectivity index is 2.16. The van der Waals surface area contributed by atoms with Crippen molar-refractivity contribution in [3.8, 4) is 16.6 Å². The second-order valence-electron chi connectivity index (χ2n) is 3.47. The van der Waals surface area contributed by atoms with E-state index in [9.17, 15) is 0 Å². The lowest BCUT2D eigenvalue weighted by Gasteiger charge is -2.05. The third kappa shape index (κ3) is 2.34. The molecule has 19 heavy (non-hydrogen) atoms. The third-order valence-electron chi connectivity index (χ3n) is 2.29. The van der Waals surface area contributed by atoms with E-state index in [0.717, 1.165) is 9.35 Å². The maximum absolute atomic E-state index is 4.41. The van der Waals surface area contributed by atoms with E-state index in [4.69, 9.17) is 0 Å². The highest BCUT2D eigenvalue weighted by Gasteiger charge is 2.13. The number of thiophene rings is 1. The van der Waals surface area contributed by atoms with Crippen LogP contribution >= 0.6 is 27.3 Å². The Labute approximate surface area is 120 Å². The van der Waals surface area contributed by atoms with Gasteiger partial charge in [-0.05, 0) is 27.4 Å². The van der Waals surface area contributed by atoms with Gasteiger partial charge in [-0.25, -0.2) is 4.98 Å². The number of hydrogen-bond acceptors (Lipinski definition) is 7. The minimum absolute atomic E-state index is 0.423. The smallest absolute Gasteiger partial charge is 0.257 e. The zero-order valence-electron chi connectivity index (χ0n) is 9.78. The number of nitrogens with zero attached hydrogens (tertiary/aromatic N) is 6. The first-order valence-corrected chi connectivity index (χ1v) is 6.97. The highest BCUT2D eigenvalue weighted by atomic mass is 79.9. The van der Waals surface area contributed by atoms with E-state index in [0.29, 0.717) is 17.7 Å². The van der Waals surface area contributed by atoms with Crippen molar-refractivity contribution in [3.63, 3.8) is 0 Å². The number of aromatic nitrogens is 6. The molecule has 0 radical (unpaired) electrons. The average molecular weight is 338 g/mol. The molecule has 0 aliphatic rings. The molecule has 0 unspecified atom stereocenters. The van der Waals surface area contributed by atoms with Crippen molar-refractivity contribution < 1.29 is 0 Å². The quantitative estimate of drug-likeness (QED) is 0.787. The summed E-state index contributed by atoms with van der Waals surface area (Å²) in [5.41, 5.74) is 0. The summed E-state index contributed by atoms with van der Waals surface area (Å²) < 4.78 is 2.45. The van der Waals surface area contributed by atoms with Crippen LogP contribution in [0.3, 0.4) is 0 Å². The number of nitrogens with one attached hydrogen (secondary N) is 1. The van der Waals surface area contributed by atoms with Gasteiger partial charge < -0.3 is 5.32 Å². The van der Waals surface area contributed by atoms with Crippen LogP contribution in [-0.4, -0.2) is 36.8 Å². The molecule has 0 amide bonds. The fourth-order valence-electron chi connectivity index (χ4n) is 1.45. The summed E-state index contributed by atoms with van der Waals surface area (Å²) in [6.45, 7) is 0. The number of hydrogen-bond donors (Lipinski definition) is 1. The molecule has 0 aliphatic carbocycles. The molecule has 7 nitrogen and oxygen atoms in total. The van der Waals surface area contributed by atoms with Gasteiger partial charge in [-0.2, -0.15) is 24.7 Å². The normalized spacial score (nSPS) is 10.6. The standard InChI is InChI=1S/C10H8BrN7S/c1-12-9-15-8(7-6(11)2-3-19-7)16-10(17-9)18-5-13-4-14-18/h2-5H,1H3,(H,12,15,16,17). The molecule has 3 rings (SSSR count). The van der Waals surface area contributed by atoms with Crippen LogP contribution in [0.4, 0.5) is 5.95 Å². The predicted octanol–water partition coefficient (Wildman–Crippen LogP) is 1.98. The number of rotatable bonds is 3. The molecule has 0 saturated heterocycles. The van der Waals surface area contributed by atoms with Gasteiger partial charge in [0.1, 0.15) is 12.7 Å². The molecule has 0 aromatic carbocycles. The Kier molecular flexibility index (Phi) is 3.22. The highest BCUT2D eigenvalue weighted by Crippen LogP contribution is 2.31. The molecular weight excluding hydrogens is 330 g/mol. The minimum atomic E-state index is 0.423. The Bertz CT molecular complexity index is 694. The monoisotopic (exact) mass is 337 g/mol. The predicted molar refractivity (Wildman–Crippen MR) is 75.3 cm³/mol. The summed E-state index contributed by atoms with van der Waals surface area (Å²) in [4.78, 5) is 17.8. The Morgan fingerprint density at radius 3 is 2.84 bits per heavy atom.